The van der Waals surface area contributed by atoms with Crippen molar-refractivity contribution < 1.29 is 14.3 Å². The molecule has 0 aromatic carbocycles. The van der Waals surface area contributed by atoms with Crippen molar-refractivity contribution in [2.45, 2.75) is 18.9 Å². The second-order valence-corrected chi connectivity index (χ2v) is 6.39. The summed E-state index contributed by atoms with van der Waals surface area (Å²) < 4.78 is 14.5. The molecule has 2 aliphatic rings. The van der Waals surface area contributed by atoms with Crippen LogP contribution >= 0.6 is 0 Å². The number of aromatic amines is 1. The molecule has 0 amide bonds. The van der Waals surface area contributed by atoms with Gasteiger partial charge in [-0.25, -0.2) is 14.2 Å². The highest BCUT2D eigenvalue weighted by Gasteiger charge is 2.36. The van der Waals surface area contributed by atoms with Gasteiger partial charge in [0.2, 0.25) is 5.43 Å². The maximum Gasteiger partial charge on any atom is 0.341 e. The number of fused-ring (bicyclic) bond motifs is 2. The topological polar surface area (TPSA) is 98.3 Å². The number of hydrogen-bond acceptors (Lipinski definition) is 5. The van der Waals surface area contributed by atoms with Crippen molar-refractivity contribution in [2.24, 2.45) is 5.92 Å². The van der Waals surface area contributed by atoms with Gasteiger partial charge >= 0.3 is 5.97 Å². The average molecular weight is 332 g/mol. The van der Waals surface area contributed by atoms with Gasteiger partial charge in [0.15, 0.2) is 11.6 Å². The zero-order valence-electron chi connectivity index (χ0n) is 12.9. The summed E-state index contributed by atoms with van der Waals surface area (Å²) in [6.45, 7) is 2.38. The number of aromatic nitrogens is 2. The lowest BCUT2D eigenvalue weighted by Gasteiger charge is -2.24. The number of piperidine rings is 1. The summed E-state index contributed by atoms with van der Waals surface area (Å²) in [5, 5.41) is 12.4. The first-order valence-electron chi connectivity index (χ1n) is 7.98. The predicted molar refractivity (Wildman–Crippen MR) is 86.0 cm³/mol. The van der Waals surface area contributed by atoms with E-state index >= 15 is 0 Å². The Balaban J connectivity index is 1.75. The Kier molecular flexibility index (Phi) is 3.49. The fraction of sp³-hybridized carbons (Fsp3) is 0.438. The van der Waals surface area contributed by atoms with E-state index in [1.54, 1.807) is 0 Å². The molecule has 2 saturated heterocycles. The van der Waals surface area contributed by atoms with E-state index in [0.29, 0.717) is 18.5 Å². The molecular weight excluding hydrogens is 315 g/mol. The fourth-order valence-electron chi connectivity index (χ4n) is 3.71. The maximum atomic E-state index is 14.5. The van der Waals surface area contributed by atoms with Gasteiger partial charge in [-0.1, -0.05) is 0 Å². The molecule has 0 spiro atoms. The average Bonchev–Trinajstić information content (AvgIpc) is 2.98. The highest BCUT2D eigenvalue weighted by atomic mass is 19.1. The van der Waals surface area contributed by atoms with E-state index < -0.39 is 22.8 Å². The fourth-order valence-corrected chi connectivity index (χ4v) is 3.71. The molecule has 2 aromatic rings. The highest BCUT2D eigenvalue weighted by molar-refractivity contribution is 5.91. The van der Waals surface area contributed by atoms with E-state index in [9.17, 15) is 14.0 Å². The van der Waals surface area contributed by atoms with Crippen LogP contribution < -0.4 is 15.6 Å². The Morgan fingerprint density at radius 1 is 1.42 bits per heavy atom. The number of carbonyl (C=O) groups is 1. The number of anilines is 1. The van der Waals surface area contributed by atoms with Crippen molar-refractivity contribution in [1.29, 1.82) is 0 Å². The van der Waals surface area contributed by atoms with Gasteiger partial charge in [-0.15, -0.1) is 0 Å². The van der Waals surface area contributed by atoms with Gasteiger partial charge in [-0.05, 0) is 31.4 Å². The van der Waals surface area contributed by atoms with E-state index in [-0.39, 0.29) is 16.9 Å². The Hall–Kier alpha value is -2.48. The summed E-state index contributed by atoms with van der Waals surface area (Å²) in [7, 11) is 0. The number of carboxylic acid groups (broad SMARTS) is 1. The summed E-state index contributed by atoms with van der Waals surface area (Å²) in [5.41, 5.74) is -0.956. The Bertz CT molecular complexity index is 867. The molecular formula is C16H17FN4O3. The molecule has 0 radical (unpaired) electrons. The van der Waals surface area contributed by atoms with Crippen LogP contribution in [0, 0.1) is 11.7 Å². The summed E-state index contributed by atoms with van der Waals surface area (Å²) >= 11 is 0. The molecule has 0 bridgehead atoms. The molecule has 0 aliphatic carbocycles. The van der Waals surface area contributed by atoms with Crippen molar-refractivity contribution in [1.82, 2.24) is 15.3 Å². The smallest absolute Gasteiger partial charge is 0.341 e. The zero-order valence-corrected chi connectivity index (χ0v) is 12.9. The minimum Gasteiger partial charge on any atom is -0.477 e. The summed E-state index contributed by atoms with van der Waals surface area (Å²) in [5.74, 6) is -1.27. The van der Waals surface area contributed by atoms with Gasteiger partial charge in [0.05, 0.1) is 5.39 Å². The molecule has 2 atom stereocenters. The molecule has 0 unspecified atom stereocenters. The van der Waals surface area contributed by atoms with Crippen LogP contribution in [-0.4, -0.2) is 46.7 Å². The summed E-state index contributed by atoms with van der Waals surface area (Å²) in [6, 6.07) is 1.42. The van der Waals surface area contributed by atoms with Gasteiger partial charge < -0.3 is 20.3 Å². The number of pyridine rings is 2. The van der Waals surface area contributed by atoms with Gasteiger partial charge in [-0.3, -0.25) is 4.79 Å². The van der Waals surface area contributed by atoms with Crippen LogP contribution in [0.2, 0.25) is 0 Å². The minimum absolute atomic E-state index is 0.0501. The Morgan fingerprint density at radius 2 is 2.25 bits per heavy atom. The number of carboxylic acids is 1. The first-order valence-corrected chi connectivity index (χ1v) is 7.98. The monoisotopic (exact) mass is 332 g/mol. The van der Waals surface area contributed by atoms with Crippen LogP contribution in [-0.2, 0) is 0 Å². The van der Waals surface area contributed by atoms with Crippen molar-refractivity contribution >= 4 is 22.8 Å². The molecule has 2 fully saturated rings. The highest BCUT2D eigenvalue weighted by Crippen LogP contribution is 2.30. The van der Waals surface area contributed by atoms with Crippen molar-refractivity contribution in [3.63, 3.8) is 0 Å². The maximum absolute atomic E-state index is 14.5. The SMILES string of the molecule is O=C(O)c1c[nH]c2nc(N3C[C@@H]4CCCN[C@@H]4C3)c(F)cc2c1=O. The third kappa shape index (κ3) is 2.34. The first kappa shape index (κ1) is 15.1. The predicted octanol–water partition coefficient (Wildman–Crippen LogP) is 0.949. The lowest BCUT2D eigenvalue weighted by atomic mass is 9.94. The van der Waals surface area contributed by atoms with Crippen LogP contribution in [0.25, 0.3) is 11.0 Å². The Labute approximate surface area is 136 Å². The lowest BCUT2D eigenvalue weighted by Crippen LogP contribution is -2.40. The third-order valence-electron chi connectivity index (χ3n) is 4.93. The molecule has 24 heavy (non-hydrogen) atoms. The molecule has 4 heterocycles. The van der Waals surface area contributed by atoms with Crippen molar-refractivity contribution in [3.8, 4) is 0 Å². The largest absolute Gasteiger partial charge is 0.477 e. The molecule has 3 N–H and O–H groups in total. The zero-order chi connectivity index (χ0) is 16.8. The standard InChI is InChI=1S/C16H17FN4O3/c17-11-4-9-13(22)10(16(23)24)5-19-14(9)20-15(11)21-6-8-2-1-3-18-12(8)7-21/h4-5,8,12,18H,1-3,6-7H2,(H,23,24)(H,19,20,22)/t8-,12+/m0/s1. The molecule has 8 heteroatoms. The van der Waals surface area contributed by atoms with Crippen LogP contribution in [0.15, 0.2) is 17.1 Å². The molecule has 126 valence electrons. The van der Waals surface area contributed by atoms with Gasteiger partial charge in [-0.2, -0.15) is 0 Å². The molecule has 4 rings (SSSR count). The van der Waals surface area contributed by atoms with Crippen LogP contribution in [0.1, 0.15) is 23.2 Å². The van der Waals surface area contributed by atoms with Gasteiger partial charge in [0.25, 0.3) is 0 Å². The van der Waals surface area contributed by atoms with E-state index in [1.807, 2.05) is 4.90 Å². The van der Waals surface area contributed by atoms with Gasteiger partial charge in [0.1, 0.15) is 11.2 Å². The quantitative estimate of drug-likeness (QED) is 0.757. The van der Waals surface area contributed by atoms with Crippen molar-refractivity contribution in [3.05, 3.63) is 33.9 Å². The number of halogens is 1. The number of nitrogens with one attached hydrogen (secondary N) is 2. The molecule has 2 aliphatic heterocycles. The van der Waals surface area contributed by atoms with Crippen molar-refractivity contribution in [2.75, 3.05) is 24.5 Å². The normalized spacial score (nSPS) is 23.5. The molecule has 2 aromatic heterocycles. The molecule has 7 nitrogen and oxygen atoms in total. The number of nitrogens with zero attached hydrogens (tertiary/aromatic N) is 2. The molecule has 0 saturated carbocycles. The van der Waals surface area contributed by atoms with E-state index in [4.69, 9.17) is 5.11 Å². The third-order valence-corrected chi connectivity index (χ3v) is 4.93. The lowest BCUT2D eigenvalue weighted by molar-refractivity contribution is 0.0695. The second-order valence-electron chi connectivity index (χ2n) is 6.39. The first-order chi connectivity index (χ1) is 11.5. The number of rotatable bonds is 2. The van der Waals surface area contributed by atoms with E-state index in [2.05, 4.69) is 15.3 Å². The van der Waals surface area contributed by atoms with Crippen LogP contribution in [0.3, 0.4) is 0 Å². The van der Waals surface area contributed by atoms with E-state index in [1.165, 1.54) is 0 Å². The summed E-state index contributed by atoms with van der Waals surface area (Å²) in [4.78, 5) is 32.0. The van der Waals surface area contributed by atoms with Crippen LogP contribution in [0.4, 0.5) is 10.2 Å². The van der Waals surface area contributed by atoms with Gasteiger partial charge in [0, 0.05) is 25.3 Å². The number of aromatic carboxylic acids is 1. The van der Waals surface area contributed by atoms with Crippen LogP contribution in [0.5, 0.6) is 0 Å². The van der Waals surface area contributed by atoms with E-state index in [0.717, 1.165) is 38.2 Å². The number of H-pyrrole nitrogens is 1. The second kappa shape index (κ2) is 5.55. The minimum atomic E-state index is -1.35. The number of hydrogen-bond donors (Lipinski definition) is 3. The Morgan fingerprint density at radius 3 is 3.00 bits per heavy atom. The summed E-state index contributed by atoms with van der Waals surface area (Å²) in [6.07, 6.45) is 3.34.